The number of hydroxylamine groups is 1. The molecule has 0 saturated carbocycles. The average molecular weight is 199 g/mol. The molecule has 1 saturated heterocycles. The number of hydrogen-bond donors (Lipinski definition) is 2. The molecule has 2 atom stereocenters. The summed E-state index contributed by atoms with van der Waals surface area (Å²) in [4.78, 5) is 5.32. The van der Waals surface area contributed by atoms with Crippen molar-refractivity contribution in [1.82, 2.24) is 5.48 Å². The molecule has 2 unspecified atom stereocenters. The van der Waals surface area contributed by atoms with Crippen LogP contribution in [0.2, 0.25) is 0 Å². The van der Waals surface area contributed by atoms with E-state index in [1.165, 1.54) is 0 Å². The van der Waals surface area contributed by atoms with Crippen LogP contribution >= 0.6 is 0 Å². The number of aliphatic hydroxyl groups excluding tert-OH is 1. The van der Waals surface area contributed by atoms with Gasteiger partial charge in [-0.15, -0.1) is 6.58 Å². The van der Waals surface area contributed by atoms with Gasteiger partial charge in [0.2, 0.25) is 0 Å². The molecule has 0 aromatic heterocycles. The van der Waals surface area contributed by atoms with Gasteiger partial charge in [-0.05, 0) is 25.2 Å². The second-order valence-corrected chi connectivity index (χ2v) is 4.60. The van der Waals surface area contributed by atoms with Crippen LogP contribution in [0.4, 0.5) is 0 Å². The molecule has 0 spiro atoms. The SMILES string of the molecule is C=CCC1(CC(C)C)CC(CO)ON1. The molecule has 0 aromatic carbocycles. The molecular weight excluding hydrogens is 178 g/mol. The minimum Gasteiger partial charge on any atom is -0.394 e. The monoisotopic (exact) mass is 199 g/mol. The van der Waals surface area contributed by atoms with Crippen LogP contribution in [-0.4, -0.2) is 23.4 Å². The van der Waals surface area contributed by atoms with Gasteiger partial charge in [0.25, 0.3) is 0 Å². The Kier molecular flexibility index (Phi) is 4.11. The van der Waals surface area contributed by atoms with E-state index in [0.717, 1.165) is 19.3 Å². The predicted octanol–water partition coefficient (Wildman–Crippen LogP) is 1.63. The van der Waals surface area contributed by atoms with Crippen LogP contribution in [0.3, 0.4) is 0 Å². The Hall–Kier alpha value is -0.380. The van der Waals surface area contributed by atoms with Gasteiger partial charge in [0.15, 0.2) is 0 Å². The Morgan fingerprint density at radius 2 is 2.43 bits per heavy atom. The fourth-order valence-corrected chi connectivity index (χ4v) is 2.22. The molecule has 1 aliphatic heterocycles. The molecule has 1 heterocycles. The number of aliphatic hydroxyl groups is 1. The van der Waals surface area contributed by atoms with E-state index in [9.17, 15) is 0 Å². The fraction of sp³-hybridized carbons (Fsp3) is 0.818. The lowest BCUT2D eigenvalue weighted by Crippen LogP contribution is -2.39. The molecule has 1 aliphatic rings. The smallest absolute Gasteiger partial charge is 0.104 e. The quantitative estimate of drug-likeness (QED) is 0.661. The second kappa shape index (κ2) is 4.91. The van der Waals surface area contributed by atoms with Crippen molar-refractivity contribution in [3.8, 4) is 0 Å². The maximum Gasteiger partial charge on any atom is 0.104 e. The van der Waals surface area contributed by atoms with Crippen molar-refractivity contribution in [2.75, 3.05) is 6.61 Å². The first-order valence-corrected chi connectivity index (χ1v) is 5.26. The van der Waals surface area contributed by atoms with Crippen molar-refractivity contribution in [3.63, 3.8) is 0 Å². The van der Waals surface area contributed by atoms with Gasteiger partial charge in [0.1, 0.15) is 6.10 Å². The van der Waals surface area contributed by atoms with Gasteiger partial charge in [-0.3, -0.25) is 4.84 Å². The lowest BCUT2D eigenvalue weighted by molar-refractivity contribution is -0.0152. The molecule has 1 rings (SSSR count). The van der Waals surface area contributed by atoms with Gasteiger partial charge in [-0.2, -0.15) is 5.48 Å². The zero-order valence-electron chi connectivity index (χ0n) is 9.12. The minimum absolute atomic E-state index is 0.0106. The first-order chi connectivity index (χ1) is 6.62. The molecule has 0 radical (unpaired) electrons. The van der Waals surface area contributed by atoms with Crippen molar-refractivity contribution in [1.29, 1.82) is 0 Å². The van der Waals surface area contributed by atoms with Gasteiger partial charge in [0.05, 0.1) is 6.61 Å². The van der Waals surface area contributed by atoms with Gasteiger partial charge in [-0.1, -0.05) is 19.9 Å². The number of hydrogen-bond acceptors (Lipinski definition) is 3. The van der Waals surface area contributed by atoms with E-state index in [1.54, 1.807) is 0 Å². The van der Waals surface area contributed by atoms with E-state index in [1.807, 2.05) is 6.08 Å². The summed E-state index contributed by atoms with van der Waals surface area (Å²) in [5, 5.41) is 9.01. The van der Waals surface area contributed by atoms with Gasteiger partial charge in [0, 0.05) is 5.54 Å². The minimum atomic E-state index is -0.0614. The Balaban J connectivity index is 2.59. The highest BCUT2D eigenvalue weighted by Gasteiger charge is 2.39. The van der Waals surface area contributed by atoms with Crippen molar-refractivity contribution in [2.45, 2.75) is 44.8 Å². The zero-order chi connectivity index (χ0) is 10.6. The maximum absolute atomic E-state index is 9.01. The Labute approximate surface area is 86.1 Å². The largest absolute Gasteiger partial charge is 0.394 e. The molecule has 14 heavy (non-hydrogen) atoms. The van der Waals surface area contributed by atoms with E-state index < -0.39 is 0 Å². The highest BCUT2D eigenvalue weighted by molar-refractivity contribution is 4.97. The molecular formula is C11H21NO2. The molecule has 0 aliphatic carbocycles. The van der Waals surface area contributed by atoms with E-state index in [2.05, 4.69) is 25.9 Å². The van der Waals surface area contributed by atoms with Crippen molar-refractivity contribution < 1.29 is 9.94 Å². The molecule has 3 heteroatoms. The average Bonchev–Trinajstić information content (AvgIpc) is 2.48. The number of rotatable bonds is 5. The lowest BCUT2D eigenvalue weighted by Gasteiger charge is -2.28. The van der Waals surface area contributed by atoms with Crippen LogP contribution in [0.25, 0.3) is 0 Å². The highest BCUT2D eigenvalue weighted by Crippen LogP contribution is 2.31. The van der Waals surface area contributed by atoms with E-state index in [-0.39, 0.29) is 18.2 Å². The topological polar surface area (TPSA) is 41.5 Å². The molecule has 1 fully saturated rings. The molecule has 2 N–H and O–H groups in total. The molecule has 82 valence electrons. The van der Waals surface area contributed by atoms with Crippen LogP contribution < -0.4 is 5.48 Å². The first-order valence-electron chi connectivity index (χ1n) is 5.26. The predicted molar refractivity (Wildman–Crippen MR) is 56.7 cm³/mol. The second-order valence-electron chi connectivity index (χ2n) is 4.60. The van der Waals surface area contributed by atoms with Gasteiger partial charge in [-0.25, -0.2) is 0 Å². The van der Waals surface area contributed by atoms with E-state index in [0.29, 0.717) is 5.92 Å². The highest BCUT2D eigenvalue weighted by atomic mass is 16.7. The van der Waals surface area contributed by atoms with Crippen LogP contribution in [0.1, 0.15) is 33.1 Å². The summed E-state index contributed by atoms with van der Waals surface area (Å²) in [6, 6.07) is 0. The summed E-state index contributed by atoms with van der Waals surface area (Å²) in [5.41, 5.74) is 3.06. The van der Waals surface area contributed by atoms with Crippen LogP contribution in [0, 0.1) is 5.92 Å². The van der Waals surface area contributed by atoms with Crippen LogP contribution in [-0.2, 0) is 4.84 Å². The fourth-order valence-electron chi connectivity index (χ4n) is 2.22. The standard InChI is InChI=1S/C11H21NO2/c1-4-5-11(6-9(2)3)7-10(8-13)14-12-11/h4,9-10,12-13H,1,5-8H2,2-3H3. The number of nitrogens with one attached hydrogen (secondary N) is 1. The summed E-state index contributed by atoms with van der Waals surface area (Å²) in [7, 11) is 0. The van der Waals surface area contributed by atoms with Crippen molar-refractivity contribution in [2.24, 2.45) is 5.92 Å². The van der Waals surface area contributed by atoms with Crippen molar-refractivity contribution >= 4 is 0 Å². The lowest BCUT2D eigenvalue weighted by atomic mass is 9.83. The Morgan fingerprint density at radius 1 is 1.71 bits per heavy atom. The Morgan fingerprint density at radius 3 is 2.86 bits per heavy atom. The molecule has 0 bridgehead atoms. The van der Waals surface area contributed by atoms with E-state index in [4.69, 9.17) is 9.94 Å². The summed E-state index contributed by atoms with van der Waals surface area (Å²) in [6.07, 6.45) is 4.66. The summed E-state index contributed by atoms with van der Waals surface area (Å²) in [5.74, 6) is 0.614. The normalized spacial score (nSPS) is 32.4. The molecule has 3 nitrogen and oxygen atoms in total. The molecule has 0 amide bonds. The third-order valence-corrected chi connectivity index (χ3v) is 2.60. The van der Waals surface area contributed by atoms with Crippen LogP contribution in [0.15, 0.2) is 12.7 Å². The van der Waals surface area contributed by atoms with Gasteiger partial charge < -0.3 is 5.11 Å². The van der Waals surface area contributed by atoms with Crippen molar-refractivity contribution in [3.05, 3.63) is 12.7 Å². The van der Waals surface area contributed by atoms with Gasteiger partial charge >= 0.3 is 0 Å². The van der Waals surface area contributed by atoms with E-state index >= 15 is 0 Å². The molecule has 0 aromatic rings. The maximum atomic E-state index is 9.01. The third kappa shape index (κ3) is 2.80. The third-order valence-electron chi connectivity index (χ3n) is 2.60. The summed E-state index contributed by atoms with van der Waals surface area (Å²) < 4.78 is 0. The van der Waals surface area contributed by atoms with Crippen LogP contribution in [0.5, 0.6) is 0 Å². The summed E-state index contributed by atoms with van der Waals surface area (Å²) >= 11 is 0. The Bertz CT molecular complexity index is 194. The zero-order valence-corrected chi connectivity index (χ0v) is 9.12. The first kappa shape index (κ1) is 11.7. The summed E-state index contributed by atoms with van der Waals surface area (Å²) in [6.45, 7) is 8.24.